The van der Waals surface area contributed by atoms with Crippen molar-refractivity contribution < 1.29 is 37.1 Å². The van der Waals surface area contributed by atoms with Crippen LogP contribution in [0.4, 0.5) is 18.9 Å². The lowest BCUT2D eigenvalue weighted by Gasteiger charge is -2.21. The van der Waals surface area contributed by atoms with Gasteiger partial charge in [-0.3, -0.25) is 24.0 Å². The van der Waals surface area contributed by atoms with Gasteiger partial charge in [-0.05, 0) is 50.8 Å². The Labute approximate surface area is 216 Å². The number of halogens is 4. The summed E-state index contributed by atoms with van der Waals surface area (Å²) in [7, 11) is 0. The number of hydrogen-bond acceptors (Lipinski definition) is 5. The molecule has 2 aliphatic rings. The van der Waals surface area contributed by atoms with E-state index in [2.05, 4.69) is 21.3 Å². The highest BCUT2D eigenvalue weighted by atomic mass is 35.5. The second-order valence-electron chi connectivity index (χ2n) is 9.62. The van der Waals surface area contributed by atoms with Crippen molar-refractivity contribution in [2.45, 2.75) is 70.3 Å². The van der Waals surface area contributed by atoms with Gasteiger partial charge in [0.05, 0.1) is 23.7 Å². The molecule has 4 N–H and O–H groups in total. The number of carbonyl (C=O) groups is 5. The van der Waals surface area contributed by atoms with Crippen molar-refractivity contribution in [1.82, 2.24) is 16.0 Å². The highest BCUT2D eigenvalue weighted by Crippen LogP contribution is 2.27. The summed E-state index contributed by atoms with van der Waals surface area (Å²) in [6.45, 7) is 2.88. The number of alkyl halides is 3. The first kappa shape index (κ1) is 28.4. The van der Waals surface area contributed by atoms with Gasteiger partial charge < -0.3 is 21.3 Å². The first-order chi connectivity index (χ1) is 17.2. The standard InChI is InChI=1S/C24H28ClF3N4O5/c1-11(10-24(26,27)28)20(34)31-17-6-3-14(25)9-16(17)22(36)32-18(8-13-7-12(2)29-21(13)35)19(33)23(37)30-15-4-5-15/h3,6,9,11-13,15,18H,4-5,7-8,10H2,1-2H3,(H,29,35)(H,30,37)(H,31,34)(H,32,36)/t11-,12-,13+,18+/m1/s1. The van der Waals surface area contributed by atoms with Crippen molar-refractivity contribution in [3.05, 3.63) is 28.8 Å². The van der Waals surface area contributed by atoms with E-state index >= 15 is 0 Å². The number of amides is 4. The predicted octanol–water partition coefficient (Wildman–Crippen LogP) is 2.73. The summed E-state index contributed by atoms with van der Waals surface area (Å²) in [6.07, 6.45) is -4.19. The topological polar surface area (TPSA) is 133 Å². The molecular weight excluding hydrogens is 517 g/mol. The van der Waals surface area contributed by atoms with Crippen molar-refractivity contribution in [1.29, 1.82) is 0 Å². The van der Waals surface area contributed by atoms with Gasteiger partial charge in [0.1, 0.15) is 0 Å². The fraction of sp³-hybridized carbons (Fsp3) is 0.542. The molecule has 1 aromatic carbocycles. The highest BCUT2D eigenvalue weighted by molar-refractivity contribution is 6.38. The molecule has 1 aromatic rings. The first-order valence-corrected chi connectivity index (χ1v) is 12.2. The van der Waals surface area contributed by atoms with Gasteiger partial charge in [-0.2, -0.15) is 13.2 Å². The molecule has 3 rings (SSSR count). The zero-order chi connectivity index (χ0) is 27.5. The fourth-order valence-electron chi connectivity index (χ4n) is 4.06. The average molecular weight is 545 g/mol. The Kier molecular flexibility index (Phi) is 8.83. The van der Waals surface area contributed by atoms with E-state index < -0.39 is 54.0 Å². The predicted molar refractivity (Wildman–Crippen MR) is 128 cm³/mol. The third-order valence-electron chi connectivity index (χ3n) is 6.15. The van der Waals surface area contributed by atoms with E-state index in [1.165, 1.54) is 18.2 Å². The number of nitrogens with one attached hydrogen (secondary N) is 4. The number of carbonyl (C=O) groups excluding carboxylic acids is 5. The zero-order valence-electron chi connectivity index (χ0n) is 20.2. The number of ketones is 1. The van der Waals surface area contributed by atoms with Gasteiger partial charge in [-0.15, -0.1) is 0 Å². The smallest absolute Gasteiger partial charge is 0.353 e. The Morgan fingerprint density at radius 2 is 1.86 bits per heavy atom. The van der Waals surface area contributed by atoms with E-state index in [0.717, 1.165) is 19.8 Å². The van der Waals surface area contributed by atoms with Crippen LogP contribution in [0.15, 0.2) is 18.2 Å². The summed E-state index contributed by atoms with van der Waals surface area (Å²) in [6, 6.07) is 2.14. The summed E-state index contributed by atoms with van der Waals surface area (Å²) in [4.78, 5) is 63.2. The van der Waals surface area contributed by atoms with Crippen molar-refractivity contribution >= 4 is 46.7 Å². The Balaban J connectivity index is 1.80. The van der Waals surface area contributed by atoms with E-state index in [1.54, 1.807) is 6.92 Å². The minimum absolute atomic E-state index is 0.0878. The van der Waals surface area contributed by atoms with Crippen molar-refractivity contribution in [2.24, 2.45) is 11.8 Å². The van der Waals surface area contributed by atoms with Crippen LogP contribution in [0.1, 0.15) is 56.3 Å². The number of Topliss-reactive ketones (excluding diaryl/α,β-unsaturated/α-hetero) is 1. The zero-order valence-corrected chi connectivity index (χ0v) is 21.0. The molecule has 1 aliphatic carbocycles. The van der Waals surface area contributed by atoms with Crippen LogP contribution in [0, 0.1) is 11.8 Å². The summed E-state index contributed by atoms with van der Waals surface area (Å²) in [5.41, 5.74) is -0.341. The number of rotatable bonds is 10. The van der Waals surface area contributed by atoms with Gasteiger partial charge in [-0.1, -0.05) is 18.5 Å². The van der Waals surface area contributed by atoms with Gasteiger partial charge in [0.2, 0.25) is 17.6 Å². The van der Waals surface area contributed by atoms with Gasteiger partial charge in [0.25, 0.3) is 11.8 Å². The van der Waals surface area contributed by atoms with Crippen LogP contribution < -0.4 is 21.3 Å². The molecule has 1 saturated heterocycles. The Hall–Kier alpha value is -3.15. The summed E-state index contributed by atoms with van der Waals surface area (Å²) >= 11 is 6.01. The summed E-state index contributed by atoms with van der Waals surface area (Å²) in [5.74, 6) is -6.06. The van der Waals surface area contributed by atoms with Crippen molar-refractivity contribution in [2.75, 3.05) is 5.32 Å². The van der Waals surface area contributed by atoms with E-state index in [4.69, 9.17) is 11.6 Å². The quantitative estimate of drug-likeness (QED) is 0.336. The number of hydrogen-bond donors (Lipinski definition) is 4. The average Bonchev–Trinajstić information content (AvgIpc) is 3.55. The summed E-state index contributed by atoms with van der Waals surface area (Å²) < 4.78 is 38.1. The molecule has 9 nitrogen and oxygen atoms in total. The molecule has 0 unspecified atom stereocenters. The lowest BCUT2D eigenvalue weighted by Crippen LogP contribution is -2.49. The molecule has 0 spiro atoms. The fourth-order valence-corrected chi connectivity index (χ4v) is 4.23. The van der Waals surface area contributed by atoms with Crippen LogP contribution >= 0.6 is 11.6 Å². The van der Waals surface area contributed by atoms with Crippen LogP contribution in [0.2, 0.25) is 5.02 Å². The maximum absolute atomic E-state index is 13.2. The Morgan fingerprint density at radius 3 is 2.43 bits per heavy atom. The van der Waals surface area contributed by atoms with E-state index in [-0.39, 0.29) is 40.7 Å². The molecule has 2 fully saturated rings. The van der Waals surface area contributed by atoms with E-state index in [9.17, 15) is 37.1 Å². The molecule has 0 bridgehead atoms. The van der Waals surface area contributed by atoms with E-state index in [1.807, 2.05) is 0 Å². The minimum atomic E-state index is -4.56. The maximum Gasteiger partial charge on any atom is 0.389 e. The highest BCUT2D eigenvalue weighted by Gasteiger charge is 2.38. The van der Waals surface area contributed by atoms with E-state index in [0.29, 0.717) is 6.42 Å². The second-order valence-corrected chi connectivity index (χ2v) is 10.1. The molecule has 1 aliphatic heterocycles. The molecule has 0 radical (unpaired) electrons. The van der Waals surface area contributed by atoms with Crippen molar-refractivity contribution in [3.63, 3.8) is 0 Å². The lowest BCUT2D eigenvalue weighted by atomic mass is 9.93. The van der Waals surface area contributed by atoms with Crippen molar-refractivity contribution in [3.8, 4) is 0 Å². The third-order valence-corrected chi connectivity index (χ3v) is 6.38. The minimum Gasteiger partial charge on any atom is -0.353 e. The molecule has 1 saturated carbocycles. The molecule has 4 atom stereocenters. The van der Waals surface area contributed by atoms with Gasteiger partial charge in [0.15, 0.2) is 0 Å². The Bertz CT molecular complexity index is 1090. The molecule has 4 amide bonds. The van der Waals surface area contributed by atoms with Crippen LogP contribution in [0.5, 0.6) is 0 Å². The third kappa shape index (κ3) is 8.17. The van der Waals surface area contributed by atoms with Crippen LogP contribution in [0.25, 0.3) is 0 Å². The van der Waals surface area contributed by atoms with Gasteiger partial charge in [-0.25, -0.2) is 0 Å². The van der Waals surface area contributed by atoms with Gasteiger partial charge >= 0.3 is 6.18 Å². The molecular formula is C24H28ClF3N4O5. The first-order valence-electron chi connectivity index (χ1n) is 11.9. The number of anilines is 1. The monoisotopic (exact) mass is 544 g/mol. The molecule has 202 valence electrons. The maximum atomic E-state index is 13.2. The summed E-state index contributed by atoms with van der Waals surface area (Å²) in [5, 5.41) is 10.1. The van der Waals surface area contributed by atoms with Crippen LogP contribution in [-0.4, -0.2) is 53.7 Å². The van der Waals surface area contributed by atoms with Crippen LogP contribution in [-0.2, 0) is 19.2 Å². The second kappa shape index (κ2) is 11.5. The number of benzene rings is 1. The Morgan fingerprint density at radius 1 is 1.19 bits per heavy atom. The van der Waals surface area contributed by atoms with Gasteiger partial charge in [0, 0.05) is 28.9 Å². The molecule has 1 heterocycles. The van der Waals surface area contributed by atoms with Crippen LogP contribution in [0.3, 0.4) is 0 Å². The SMILES string of the molecule is C[C@@H]1C[C@@H](C[C@H](NC(=O)c2cc(Cl)ccc2NC(=O)[C@H](C)CC(F)(F)F)C(=O)C(=O)NC2CC2)C(=O)N1. The molecule has 13 heteroatoms. The molecule has 37 heavy (non-hydrogen) atoms. The molecule has 0 aromatic heterocycles. The largest absolute Gasteiger partial charge is 0.389 e. The lowest BCUT2D eigenvalue weighted by molar-refractivity contribution is -0.150. The normalized spacial score (nSPS) is 21.0.